The molecule has 2 aromatic carbocycles. The van der Waals surface area contributed by atoms with E-state index >= 15 is 0 Å². The second kappa shape index (κ2) is 10.2. The highest BCUT2D eigenvalue weighted by Crippen LogP contribution is 2.46. The Balaban J connectivity index is 1.81. The van der Waals surface area contributed by atoms with Crippen LogP contribution in [0.2, 0.25) is 0 Å². The van der Waals surface area contributed by atoms with Gasteiger partial charge in [-0.3, -0.25) is 0 Å². The van der Waals surface area contributed by atoms with Crippen molar-refractivity contribution in [2.24, 2.45) is 11.3 Å². The number of imidazole rings is 1. The lowest BCUT2D eigenvalue weighted by atomic mass is 9.70. The average Bonchev–Trinajstić information content (AvgIpc) is 3.14. The Bertz CT molecular complexity index is 1270. The number of fused-ring (bicyclic) bond motifs is 1. The molecular formula is C27H32F3N3O4. The molecule has 1 aromatic heterocycles. The van der Waals surface area contributed by atoms with Gasteiger partial charge in [-0.1, -0.05) is 20.8 Å². The molecule has 1 fully saturated rings. The van der Waals surface area contributed by atoms with Crippen LogP contribution in [0.1, 0.15) is 62.0 Å². The molecule has 200 valence electrons. The number of carbonyl (C=O) groups excluding carboxylic acids is 1. The molecule has 0 aliphatic heterocycles. The van der Waals surface area contributed by atoms with Gasteiger partial charge < -0.3 is 24.1 Å². The fourth-order valence-corrected chi connectivity index (χ4v) is 5.58. The molecule has 10 heteroatoms. The molecule has 1 N–H and O–H groups in total. The Labute approximate surface area is 213 Å². The van der Waals surface area contributed by atoms with Crippen LogP contribution in [0.5, 0.6) is 5.75 Å². The van der Waals surface area contributed by atoms with Crippen LogP contribution in [-0.4, -0.2) is 36.1 Å². The molecule has 0 radical (unpaired) electrons. The molecular weight excluding hydrogens is 487 g/mol. The average molecular weight is 520 g/mol. The Kier molecular flexibility index (Phi) is 7.41. The van der Waals surface area contributed by atoms with Gasteiger partial charge in [0.05, 0.1) is 30.3 Å². The van der Waals surface area contributed by atoms with Gasteiger partial charge in [0.25, 0.3) is 0 Å². The van der Waals surface area contributed by atoms with E-state index in [0.29, 0.717) is 34.2 Å². The molecule has 0 amide bonds. The molecule has 3 aromatic rings. The zero-order valence-electron chi connectivity index (χ0n) is 21.6. The van der Waals surface area contributed by atoms with Crippen LogP contribution in [0.25, 0.3) is 11.0 Å². The number of alkyl halides is 3. The number of rotatable bonds is 7. The summed E-state index contributed by atoms with van der Waals surface area (Å²) in [5.41, 5.74) is 3.18. The minimum absolute atomic E-state index is 0.119. The van der Waals surface area contributed by atoms with Crippen LogP contribution in [0, 0.1) is 11.3 Å². The fourth-order valence-electron chi connectivity index (χ4n) is 5.58. The van der Waals surface area contributed by atoms with Crippen LogP contribution >= 0.6 is 0 Å². The van der Waals surface area contributed by atoms with Crippen molar-refractivity contribution in [2.75, 3.05) is 19.5 Å². The SMILES string of the molecule is COCc1cc2c(cc1C(=O)OC)nc(Nc1ccc(OC(F)(F)F)cc1)n2[C@@H]1C[C@H](C)CC(C)(C)C1. The predicted molar refractivity (Wildman–Crippen MR) is 134 cm³/mol. The topological polar surface area (TPSA) is 74.6 Å². The van der Waals surface area contributed by atoms with Crippen molar-refractivity contribution in [1.29, 1.82) is 0 Å². The first-order chi connectivity index (χ1) is 17.4. The summed E-state index contributed by atoms with van der Waals surface area (Å²) in [4.78, 5) is 17.3. The van der Waals surface area contributed by atoms with Gasteiger partial charge in [-0.2, -0.15) is 0 Å². The quantitative estimate of drug-likeness (QED) is 0.339. The predicted octanol–water partition coefficient (Wildman–Crippen LogP) is 7.00. The number of hydrogen-bond acceptors (Lipinski definition) is 6. The molecule has 1 heterocycles. The van der Waals surface area contributed by atoms with E-state index in [1.165, 1.54) is 31.4 Å². The van der Waals surface area contributed by atoms with Crippen molar-refractivity contribution in [1.82, 2.24) is 9.55 Å². The summed E-state index contributed by atoms with van der Waals surface area (Å²) < 4.78 is 54.2. The molecule has 0 saturated heterocycles. The maximum absolute atomic E-state index is 12.6. The lowest BCUT2D eigenvalue weighted by molar-refractivity contribution is -0.274. The number of anilines is 2. The van der Waals surface area contributed by atoms with Gasteiger partial charge >= 0.3 is 12.3 Å². The number of nitrogens with zero attached hydrogens (tertiary/aromatic N) is 2. The molecule has 0 spiro atoms. The van der Waals surface area contributed by atoms with Crippen molar-refractivity contribution in [3.05, 3.63) is 47.5 Å². The molecule has 0 unspecified atom stereocenters. The Hall–Kier alpha value is -3.27. The molecule has 37 heavy (non-hydrogen) atoms. The molecule has 2 atom stereocenters. The number of benzene rings is 2. The molecule has 7 nitrogen and oxygen atoms in total. The second-order valence-electron chi connectivity index (χ2n) is 10.5. The Morgan fingerprint density at radius 3 is 2.46 bits per heavy atom. The molecule has 4 rings (SSSR count). The van der Waals surface area contributed by atoms with Crippen LogP contribution in [0.4, 0.5) is 24.8 Å². The van der Waals surface area contributed by atoms with E-state index in [2.05, 4.69) is 35.4 Å². The van der Waals surface area contributed by atoms with E-state index in [-0.39, 0.29) is 23.8 Å². The lowest BCUT2D eigenvalue weighted by Crippen LogP contribution is -2.29. The molecule has 1 aliphatic rings. The minimum Gasteiger partial charge on any atom is -0.465 e. The standard InChI is InChI=1S/C27H32F3N3O4/c1-16-10-19(14-26(2,3)13-16)33-23-11-17(15-35-4)21(24(34)36-5)12-22(23)32-25(33)31-18-6-8-20(9-7-18)37-27(28,29)30/h6-9,11-12,16,19H,10,13-15H2,1-5H3,(H,31,32)/t16-,19+/m0/s1. The first-order valence-corrected chi connectivity index (χ1v) is 12.1. The third-order valence-electron chi connectivity index (χ3n) is 6.69. The first kappa shape index (κ1) is 26.8. The minimum atomic E-state index is -4.76. The van der Waals surface area contributed by atoms with Gasteiger partial charge in [0.1, 0.15) is 5.75 Å². The number of hydrogen-bond donors (Lipinski definition) is 1. The highest BCUT2D eigenvalue weighted by Gasteiger charge is 2.35. The normalized spacial score (nSPS) is 19.6. The van der Waals surface area contributed by atoms with E-state index in [4.69, 9.17) is 14.5 Å². The summed E-state index contributed by atoms with van der Waals surface area (Å²) >= 11 is 0. The Morgan fingerprint density at radius 2 is 1.86 bits per heavy atom. The van der Waals surface area contributed by atoms with Gasteiger partial charge in [-0.05, 0) is 72.6 Å². The van der Waals surface area contributed by atoms with Crippen molar-refractivity contribution in [3.8, 4) is 5.75 Å². The highest BCUT2D eigenvalue weighted by atomic mass is 19.4. The van der Waals surface area contributed by atoms with Gasteiger partial charge in [-0.25, -0.2) is 9.78 Å². The smallest absolute Gasteiger partial charge is 0.465 e. The van der Waals surface area contributed by atoms with Crippen molar-refractivity contribution < 1.29 is 32.2 Å². The number of nitrogens with one attached hydrogen (secondary N) is 1. The van der Waals surface area contributed by atoms with Crippen molar-refractivity contribution >= 4 is 28.6 Å². The Morgan fingerprint density at radius 1 is 1.16 bits per heavy atom. The monoisotopic (exact) mass is 519 g/mol. The zero-order chi connectivity index (χ0) is 27.0. The van der Waals surface area contributed by atoms with Crippen LogP contribution in [0.3, 0.4) is 0 Å². The lowest BCUT2D eigenvalue weighted by Gasteiger charge is -2.40. The van der Waals surface area contributed by atoms with Gasteiger partial charge in [0, 0.05) is 18.8 Å². The third-order valence-corrected chi connectivity index (χ3v) is 6.69. The van der Waals surface area contributed by atoms with Crippen molar-refractivity contribution in [2.45, 2.75) is 59.0 Å². The van der Waals surface area contributed by atoms with E-state index in [0.717, 1.165) is 24.8 Å². The van der Waals surface area contributed by atoms with E-state index < -0.39 is 12.3 Å². The highest BCUT2D eigenvalue weighted by molar-refractivity contribution is 5.96. The summed E-state index contributed by atoms with van der Waals surface area (Å²) in [5, 5.41) is 3.27. The van der Waals surface area contributed by atoms with Gasteiger partial charge in [-0.15, -0.1) is 13.2 Å². The molecule has 0 bridgehead atoms. The molecule has 1 saturated carbocycles. The maximum Gasteiger partial charge on any atom is 0.573 e. The van der Waals surface area contributed by atoms with E-state index in [1.54, 1.807) is 13.2 Å². The fraction of sp³-hybridized carbons (Fsp3) is 0.481. The largest absolute Gasteiger partial charge is 0.573 e. The number of ether oxygens (including phenoxy) is 3. The van der Waals surface area contributed by atoms with Crippen LogP contribution < -0.4 is 10.1 Å². The molecule has 1 aliphatic carbocycles. The number of halogens is 3. The maximum atomic E-state index is 12.6. The summed E-state index contributed by atoms with van der Waals surface area (Å²) in [7, 11) is 2.89. The first-order valence-electron chi connectivity index (χ1n) is 12.1. The number of aromatic nitrogens is 2. The summed E-state index contributed by atoms with van der Waals surface area (Å²) in [6.45, 7) is 6.98. The number of carbonyl (C=O) groups is 1. The van der Waals surface area contributed by atoms with Gasteiger partial charge in [0.2, 0.25) is 5.95 Å². The summed E-state index contributed by atoms with van der Waals surface area (Å²) in [6.07, 6.45) is -1.78. The summed E-state index contributed by atoms with van der Waals surface area (Å²) in [6, 6.07) is 9.26. The number of methoxy groups -OCH3 is 2. The van der Waals surface area contributed by atoms with E-state index in [1.807, 2.05) is 6.07 Å². The van der Waals surface area contributed by atoms with Gasteiger partial charge in [0.15, 0.2) is 0 Å². The summed E-state index contributed by atoms with van der Waals surface area (Å²) in [5.74, 6) is 0.248. The second-order valence-corrected chi connectivity index (χ2v) is 10.5. The number of esters is 1. The van der Waals surface area contributed by atoms with E-state index in [9.17, 15) is 18.0 Å². The zero-order valence-corrected chi connectivity index (χ0v) is 21.6. The van der Waals surface area contributed by atoms with Crippen LogP contribution in [0.15, 0.2) is 36.4 Å². The van der Waals surface area contributed by atoms with Crippen molar-refractivity contribution in [3.63, 3.8) is 0 Å². The third kappa shape index (κ3) is 6.18. The van der Waals surface area contributed by atoms with Crippen LogP contribution in [-0.2, 0) is 16.1 Å².